The van der Waals surface area contributed by atoms with E-state index in [2.05, 4.69) is 20.8 Å². The van der Waals surface area contributed by atoms with Crippen LogP contribution < -0.4 is 0 Å². The van der Waals surface area contributed by atoms with Crippen LogP contribution in [0, 0.1) is 23.7 Å². The summed E-state index contributed by atoms with van der Waals surface area (Å²) < 4.78 is 0. The maximum absolute atomic E-state index is 9.65. The van der Waals surface area contributed by atoms with Crippen LogP contribution in [0.5, 0.6) is 0 Å². The molecule has 1 N–H and O–H groups in total. The summed E-state index contributed by atoms with van der Waals surface area (Å²) in [6.07, 6.45) is 3.79. The first-order chi connectivity index (χ1) is 6.02. The molecule has 0 amide bonds. The molecular weight excluding hydrogens is 160 g/mol. The highest BCUT2D eigenvalue weighted by Crippen LogP contribution is 2.38. The second-order valence-electron chi connectivity index (χ2n) is 5.20. The van der Waals surface area contributed by atoms with E-state index in [4.69, 9.17) is 0 Å². The van der Waals surface area contributed by atoms with Gasteiger partial charge in [0.25, 0.3) is 0 Å². The summed E-state index contributed by atoms with van der Waals surface area (Å²) in [5.41, 5.74) is 0. The molecule has 78 valence electrons. The largest absolute Gasteiger partial charge is 0.393 e. The fourth-order valence-corrected chi connectivity index (χ4v) is 2.67. The monoisotopic (exact) mass is 184 g/mol. The molecule has 0 radical (unpaired) electrons. The van der Waals surface area contributed by atoms with E-state index in [9.17, 15) is 5.11 Å². The van der Waals surface area contributed by atoms with Gasteiger partial charge in [0.05, 0.1) is 6.10 Å². The second kappa shape index (κ2) is 4.45. The molecule has 1 nitrogen and oxygen atoms in total. The number of hydrogen-bond donors (Lipinski definition) is 1. The summed E-state index contributed by atoms with van der Waals surface area (Å²) in [6, 6.07) is 0. The van der Waals surface area contributed by atoms with Crippen LogP contribution in [0.25, 0.3) is 0 Å². The lowest BCUT2D eigenvalue weighted by Gasteiger charge is -2.37. The van der Waals surface area contributed by atoms with Gasteiger partial charge in [-0.25, -0.2) is 0 Å². The van der Waals surface area contributed by atoms with E-state index in [1.165, 1.54) is 19.3 Å². The van der Waals surface area contributed by atoms with E-state index in [0.717, 1.165) is 17.8 Å². The van der Waals surface area contributed by atoms with Crippen molar-refractivity contribution in [1.82, 2.24) is 0 Å². The Morgan fingerprint density at radius 1 is 1.15 bits per heavy atom. The number of aliphatic hydroxyl groups is 1. The van der Waals surface area contributed by atoms with E-state index in [1.54, 1.807) is 0 Å². The van der Waals surface area contributed by atoms with Crippen molar-refractivity contribution in [3.63, 3.8) is 0 Å². The minimum absolute atomic E-state index is 0.114. The summed E-state index contributed by atoms with van der Waals surface area (Å²) in [5.74, 6) is 2.89. The van der Waals surface area contributed by atoms with Crippen molar-refractivity contribution in [2.24, 2.45) is 23.7 Å². The van der Waals surface area contributed by atoms with Crippen molar-refractivity contribution < 1.29 is 5.11 Å². The van der Waals surface area contributed by atoms with Gasteiger partial charge < -0.3 is 5.11 Å². The fraction of sp³-hybridized carbons (Fsp3) is 1.00. The van der Waals surface area contributed by atoms with Crippen molar-refractivity contribution in [3.05, 3.63) is 0 Å². The maximum Gasteiger partial charge on any atom is 0.0542 e. The topological polar surface area (TPSA) is 20.2 Å². The number of hydrogen-bond acceptors (Lipinski definition) is 1. The zero-order valence-electron chi connectivity index (χ0n) is 9.46. The maximum atomic E-state index is 9.65. The molecule has 1 fully saturated rings. The Balaban J connectivity index is 2.53. The summed E-state index contributed by atoms with van der Waals surface area (Å²) in [4.78, 5) is 0. The first-order valence-corrected chi connectivity index (χ1v) is 5.70. The molecule has 0 bridgehead atoms. The standard InChI is InChI=1S/C12H24O/c1-8(2)11-6-5-9(3)12(7-11)10(4)13/h8-13H,5-7H2,1-4H3. The molecule has 13 heavy (non-hydrogen) atoms. The predicted molar refractivity (Wildman–Crippen MR) is 56.5 cm³/mol. The van der Waals surface area contributed by atoms with Gasteiger partial charge in [-0.15, -0.1) is 0 Å². The molecule has 1 saturated carbocycles. The molecule has 0 aromatic rings. The highest BCUT2D eigenvalue weighted by molar-refractivity contribution is 4.81. The Bertz CT molecular complexity index is 151. The van der Waals surface area contributed by atoms with Crippen molar-refractivity contribution in [1.29, 1.82) is 0 Å². The Kier molecular flexibility index (Phi) is 3.78. The summed E-state index contributed by atoms with van der Waals surface area (Å²) in [7, 11) is 0. The van der Waals surface area contributed by atoms with Crippen LogP contribution in [-0.2, 0) is 0 Å². The lowest BCUT2D eigenvalue weighted by atomic mass is 9.69. The first-order valence-electron chi connectivity index (χ1n) is 5.70. The van der Waals surface area contributed by atoms with Crippen LogP contribution in [0.1, 0.15) is 47.0 Å². The molecule has 4 atom stereocenters. The molecular formula is C12H24O. The van der Waals surface area contributed by atoms with Crippen molar-refractivity contribution in [2.75, 3.05) is 0 Å². The summed E-state index contributed by atoms with van der Waals surface area (Å²) in [5, 5.41) is 9.65. The molecule has 1 rings (SSSR count). The average Bonchev–Trinajstić information content (AvgIpc) is 2.04. The summed E-state index contributed by atoms with van der Waals surface area (Å²) >= 11 is 0. The van der Waals surface area contributed by atoms with Gasteiger partial charge in [-0.1, -0.05) is 27.2 Å². The Morgan fingerprint density at radius 3 is 2.23 bits per heavy atom. The van der Waals surface area contributed by atoms with Crippen LogP contribution in [0.3, 0.4) is 0 Å². The van der Waals surface area contributed by atoms with Gasteiger partial charge in [-0.3, -0.25) is 0 Å². The molecule has 0 spiro atoms. The van der Waals surface area contributed by atoms with Crippen LogP contribution in [0.2, 0.25) is 0 Å². The lowest BCUT2D eigenvalue weighted by Crippen LogP contribution is -2.32. The molecule has 1 aliphatic rings. The SMILES string of the molecule is CC(C)C1CCC(C)C(C(C)O)C1. The van der Waals surface area contributed by atoms with Gasteiger partial charge in [-0.2, -0.15) is 0 Å². The molecule has 0 aliphatic heterocycles. The fourth-order valence-electron chi connectivity index (χ4n) is 2.67. The predicted octanol–water partition coefficient (Wildman–Crippen LogP) is 3.08. The molecule has 1 heteroatoms. The number of aliphatic hydroxyl groups excluding tert-OH is 1. The zero-order valence-corrected chi connectivity index (χ0v) is 9.46. The van der Waals surface area contributed by atoms with E-state index >= 15 is 0 Å². The van der Waals surface area contributed by atoms with Crippen LogP contribution >= 0.6 is 0 Å². The van der Waals surface area contributed by atoms with Gasteiger partial charge in [0.1, 0.15) is 0 Å². The van der Waals surface area contributed by atoms with Crippen molar-refractivity contribution in [3.8, 4) is 0 Å². The van der Waals surface area contributed by atoms with Gasteiger partial charge >= 0.3 is 0 Å². The van der Waals surface area contributed by atoms with Crippen molar-refractivity contribution in [2.45, 2.75) is 53.1 Å². The molecule has 4 unspecified atom stereocenters. The van der Waals surface area contributed by atoms with Crippen LogP contribution in [-0.4, -0.2) is 11.2 Å². The van der Waals surface area contributed by atoms with E-state index in [1.807, 2.05) is 6.92 Å². The average molecular weight is 184 g/mol. The Morgan fingerprint density at radius 2 is 1.77 bits per heavy atom. The van der Waals surface area contributed by atoms with E-state index in [0.29, 0.717) is 5.92 Å². The number of rotatable bonds is 2. The third kappa shape index (κ3) is 2.70. The van der Waals surface area contributed by atoms with Gasteiger partial charge in [0.15, 0.2) is 0 Å². The van der Waals surface area contributed by atoms with E-state index in [-0.39, 0.29) is 6.10 Å². The second-order valence-corrected chi connectivity index (χ2v) is 5.20. The molecule has 0 saturated heterocycles. The Hall–Kier alpha value is -0.0400. The summed E-state index contributed by atoms with van der Waals surface area (Å²) in [6.45, 7) is 8.84. The zero-order chi connectivity index (χ0) is 10.0. The minimum Gasteiger partial charge on any atom is -0.393 e. The highest BCUT2D eigenvalue weighted by atomic mass is 16.3. The normalized spacial score (nSPS) is 37.8. The molecule has 0 aromatic carbocycles. The first kappa shape index (κ1) is 11.0. The van der Waals surface area contributed by atoms with E-state index < -0.39 is 0 Å². The van der Waals surface area contributed by atoms with Crippen molar-refractivity contribution >= 4 is 0 Å². The van der Waals surface area contributed by atoms with Crippen LogP contribution in [0.4, 0.5) is 0 Å². The van der Waals surface area contributed by atoms with Crippen LogP contribution in [0.15, 0.2) is 0 Å². The quantitative estimate of drug-likeness (QED) is 0.699. The highest BCUT2D eigenvalue weighted by Gasteiger charge is 2.31. The lowest BCUT2D eigenvalue weighted by molar-refractivity contribution is 0.0390. The minimum atomic E-state index is -0.114. The third-order valence-corrected chi connectivity index (χ3v) is 3.86. The molecule has 1 aliphatic carbocycles. The van der Waals surface area contributed by atoms with Gasteiger partial charge in [0, 0.05) is 0 Å². The molecule has 0 heterocycles. The third-order valence-electron chi connectivity index (χ3n) is 3.86. The molecule has 0 aromatic heterocycles. The Labute approximate surface area is 82.5 Å². The smallest absolute Gasteiger partial charge is 0.0542 e. The van der Waals surface area contributed by atoms with Gasteiger partial charge in [0.2, 0.25) is 0 Å². The van der Waals surface area contributed by atoms with Gasteiger partial charge in [-0.05, 0) is 43.4 Å².